The van der Waals surface area contributed by atoms with Gasteiger partial charge >= 0.3 is 5.97 Å². The number of carbonyl (C=O) groups excluding carboxylic acids is 2. The second-order valence-electron chi connectivity index (χ2n) is 6.63. The minimum atomic E-state index is -1.06. The Bertz CT molecular complexity index is 574. The molecule has 2 atom stereocenters. The Morgan fingerprint density at radius 2 is 1.80 bits per heavy atom. The minimum absolute atomic E-state index is 0.0240. The number of hydrogen-bond donors (Lipinski definition) is 2. The predicted octanol–water partition coefficient (Wildman–Crippen LogP) is 3.05. The van der Waals surface area contributed by atoms with Gasteiger partial charge in [-0.1, -0.05) is 44.2 Å². The molecule has 0 radical (unpaired) electrons. The zero-order valence-corrected chi connectivity index (χ0v) is 15.5. The summed E-state index contributed by atoms with van der Waals surface area (Å²) in [4.78, 5) is 35.6. The number of ketones is 1. The molecule has 6 heteroatoms. The second-order valence-corrected chi connectivity index (χ2v) is 6.89. The van der Waals surface area contributed by atoms with E-state index in [0.29, 0.717) is 19.3 Å². The highest BCUT2D eigenvalue weighted by atomic mass is 35.5. The molecule has 0 aliphatic carbocycles. The van der Waals surface area contributed by atoms with Crippen molar-refractivity contribution in [2.24, 2.45) is 11.8 Å². The van der Waals surface area contributed by atoms with Crippen LogP contribution >= 0.6 is 11.6 Å². The molecule has 25 heavy (non-hydrogen) atoms. The molecule has 0 saturated carbocycles. The SMILES string of the molecule is CC(C)C[C@H](NC(=O)[C@H](CCc1ccccc1)CC(=O)CCl)C(=O)O. The van der Waals surface area contributed by atoms with Gasteiger partial charge in [-0.25, -0.2) is 4.79 Å². The first-order valence-electron chi connectivity index (χ1n) is 8.48. The molecule has 0 aliphatic rings. The van der Waals surface area contributed by atoms with Gasteiger partial charge in [0.1, 0.15) is 11.8 Å². The molecule has 0 saturated heterocycles. The Morgan fingerprint density at radius 3 is 2.32 bits per heavy atom. The number of alkyl halides is 1. The number of amides is 1. The lowest BCUT2D eigenvalue weighted by molar-refractivity contribution is -0.143. The molecule has 0 aliphatic heterocycles. The number of nitrogens with one attached hydrogen (secondary N) is 1. The number of carboxylic acids is 1. The van der Waals surface area contributed by atoms with Crippen LogP contribution in [0.25, 0.3) is 0 Å². The third-order valence-corrected chi connectivity index (χ3v) is 4.24. The summed E-state index contributed by atoms with van der Waals surface area (Å²) in [6.07, 6.45) is 1.47. The third-order valence-electron chi connectivity index (χ3n) is 3.94. The highest BCUT2D eigenvalue weighted by Crippen LogP contribution is 2.16. The van der Waals surface area contributed by atoms with Crippen molar-refractivity contribution in [3.8, 4) is 0 Å². The summed E-state index contributed by atoms with van der Waals surface area (Å²) in [6.45, 7) is 3.79. The Morgan fingerprint density at radius 1 is 1.16 bits per heavy atom. The van der Waals surface area contributed by atoms with Crippen LogP contribution in [0.15, 0.2) is 30.3 Å². The average molecular weight is 368 g/mol. The lowest BCUT2D eigenvalue weighted by Gasteiger charge is -2.21. The van der Waals surface area contributed by atoms with Gasteiger partial charge in [0.05, 0.1) is 5.88 Å². The molecule has 0 aromatic heterocycles. The van der Waals surface area contributed by atoms with Crippen molar-refractivity contribution in [2.45, 2.75) is 45.6 Å². The van der Waals surface area contributed by atoms with Gasteiger partial charge in [-0.3, -0.25) is 9.59 Å². The van der Waals surface area contributed by atoms with Gasteiger partial charge in [-0.15, -0.1) is 11.6 Å². The Hall–Kier alpha value is -1.88. The number of halogens is 1. The summed E-state index contributed by atoms with van der Waals surface area (Å²) in [5, 5.41) is 11.9. The van der Waals surface area contributed by atoms with Crippen LogP contribution in [0.3, 0.4) is 0 Å². The summed E-state index contributed by atoms with van der Waals surface area (Å²) in [5.41, 5.74) is 1.07. The summed E-state index contributed by atoms with van der Waals surface area (Å²) in [7, 11) is 0. The van der Waals surface area contributed by atoms with Crippen LogP contribution in [0.5, 0.6) is 0 Å². The van der Waals surface area contributed by atoms with Crippen molar-refractivity contribution in [3.63, 3.8) is 0 Å². The van der Waals surface area contributed by atoms with Crippen LogP contribution < -0.4 is 5.32 Å². The van der Waals surface area contributed by atoms with Crippen LogP contribution in [0.4, 0.5) is 0 Å². The number of rotatable bonds is 11. The van der Waals surface area contributed by atoms with Crippen molar-refractivity contribution in [3.05, 3.63) is 35.9 Å². The maximum Gasteiger partial charge on any atom is 0.326 e. The zero-order chi connectivity index (χ0) is 18.8. The van der Waals surface area contributed by atoms with Crippen LogP contribution in [0.2, 0.25) is 0 Å². The summed E-state index contributed by atoms with van der Waals surface area (Å²) < 4.78 is 0. The van der Waals surface area contributed by atoms with Crippen LogP contribution in [-0.2, 0) is 20.8 Å². The van der Waals surface area contributed by atoms with E-state index in [0.717, 1.165) is 5.56 Å². The normalized spacial score (nSPS) is 13.3. The third kappa shape index (κ3) is 8.16. The van der Waals surface area contributed by atoms with E-state index in [2.05, 4.69) is 5.32 Å². The van der Waals surface area contributed by atoms with E-state index >= 15 is 0 Å². The molecule has 0 heterocycles. The summed E-state index contributed by atoms with van der Waals surface area (Å²) in [6, 6.07) is 8.70. The summed E-state index contributed by atoms with van der Waals surface area (Å²) >= 11 is 5.57. The first-order valence-corrected chi connectivity index (χ1v) is 9.01. The first kappa shape index (κ1) is 21.2. The fourth-order valence-corrected chi connectivity index (χ4v) is 2.73. The molecular weight excluding hydrogens is 342 g/mol. The number of aliphatic carboxylic acids is 1. The van der Waals surface area contributed by atoms with Gasteiger partial charge in [0.15, 0.2) is 0 Å². The second kappa shape index (κ2) is 10.9. The minimum Gasteiger partial charge on any atom is -0.480 e. The van der Waals surface area contributed by atoms with Crippen molar-refractivity contribution in [1.29, 1.82) is 0 Å². The molecule has 0 unspecified atom stereocenters. The molecule has 2 N–H and O–H groups in total. The van der Waals surface area contributed by atoms with E-state index in [1.165, 1.54) is 0 Å². The van der Waals surface area contributed by atoms with Crippen LogP contribution in [0, 0.1) is 11.8 Å². The maximum atomic E-state index is 12.5. The standard InChI is InChI=1S/C19H26ClNO4/c1-13(2)10-17(19(24)25)21-18(23)15(11-16(22)12-20)9-8-14-6-4-3-5-7-14/h3-7,13,15,17H,8-12H2,1-2H3,(H,21,23)(H,24,25)/t15-,17+/m1/s1. The van der Waals surface area contributed by atoms with Crippen LogP contribution in [0.1, 0.15) is 38.7 Å². The number of hydrogen-bond acceptors (Lipinski definition) is 3. The maximum absolute atomic E-state index is 12.5. The number of Topliss-reactive ketones (excluding diaryl/α,β-unsaturated/α-hetero) is 1. The molecule has 0 spiro atoms. The van der Waals surface area contributed by atoms with Gasteiger partial charge < -0.3 is 10.4 Å². The Labute approximate surface area is 153 Å². The van der Waals surface area contributed by atoms with Gasteiger partial charge in [0, 0.05) is 12.3 Å². The molecule has 0 bridgehead atoms. The molecule has 1 amide bonds. The van der Waals surface area contributed by atoms with E-state index in [1.54, 1.807) is 0 Å². The molecule has 0 fully saturated rings. The quantitative estimate of drug-likeness (QED) is 0.589. The molecule has 1 aromatic rings. The van der Waals surface area contributed by atoms with E-state index in [1.807, 2.05) is 44.2 Å². The van der Waals surface area contributed by atoms with E-state index in [-0.39, 0.29) is 24.0 Å². The molecule has 1 rings (SSSR count). The lowest BCUT2D eigenvalue weighted by Crippen LogP contribution is -2.44. The molecule has 138 valence electrons. The van der Waals surface area contributed by atoms with E-state index in [4.69, 9.17) is 11.6 Å². The number of benzene rings is 1. The molecular formula is C19H26ClNO4. The van der Waals surface area contributed by atoms with Crippen molar-refractivity contribution >= 4 is 29.3 Å². The number of aryl methyl sites for hydroxylation is 1. The smallest absolute Gasteiger partial charge is 0.326 e. The average Bonchev–Trinajstić information content (AvgIpc) is 2.57. The monoisotopic (exact) mass is 367 g/mol. The largest absolute Gasteiger partial charge is 0.480 e. The Balaban J connectivity index is 2.77. The first-order chi connectivity index (χ1) is 11.8. The topological polar surface area (TPSA) is 83.5 Å². The van der Waals surface area contributed by atoms with Crippen molar-refractivity contribution in [1.82, 2.24) is 5.32 Å². The lowest BCUT2D eigenvalue weighted by atomic mass is 9.93. The highest BCUT2D eigenvalue weighted by molar-refractivity contribution is 6.27. The summed E-state index contributed by atoms with van der Waals surface area (Å²) in [5.74, 6) is -2.28. The van der Waals surface area contributed by atoms with E-state index in [9.17, 15) is 19.5 Å². The fourth-order valence-electron chi connectivity index (χ4n) is 2.62. The number of carbonyl (C=O) groups is 3. The van der Waals surface area contributed by atoms with Gasteiger partial charge in [0.2, 0.25) is 5.91 Å². The molecule has 1 aromatic carbocycles. The fraction of sp³-hybridized carbons (Fsp3) is 0.526. The Kier molecular flexibility index (Phi) is 9.21. The zero-order valence-electron chi connectivity index (χ0n) is 14.7. The van der Waals surface area contributed by atoms with Crippen molar-refractivity contribution in [2.75, 3.05) is 5.88 Å². The van der Waals surface area contributed by atoms with Crippen LogP contribution in [-0.4, -0.2) is 34.7 Å². The van der Waals surface area contributed by atoms with Gasteiger partial charge in [0.25, 0.3) is 0 Å². The molecule has 5 nitrogen and oxygen atoms in total. The van der Waals surface area contributed by atoms with Gasteiger partial charge in [-0.2, -0.15) is 0 Å². The van der Waals surface area contributed by atoms with E-state index < -0.39 is 23.8 Å². The van der Waals surface area contributed by atoms with Gasteiger partial charge in [-0.05, 0) is 30.7 Å². The van der Waals surface area contributed by atoms with Crippen molar-refractivity contribution < 1.29 is 19.5 Å². The predicted molar refractivity (Wildman–Crippen MR) is 97.6 cm³/mol. The highest BCUT2D eigenvalue weighted by Gasteiger charge is 2.27. The number of carboxylic acid groups (broad SMARTS) is 1.